The zero-order valence-electron chi connectivity index (χ0n) is 15.1. The van der Waals surface area contributed by atoms with Crippen LogP contribution in [0.25, 0.3) is 0 Å². The summed E-state index contributed by atoms with van der Waals surface area (Å²) < 4.78 is 81.8. The summed E-state index contributed by atoms with van der Waals surface area (Å²) in [5.41, 5.74) is -0.874. The molecule has 0 saturated carbocycles. The number of fused-ring (bicyclic) bond motifs is 1. The third-order valence-electron chi connectivity index (χ3n) is 4.61. The van der Waals surface area contributed by atoms with E-state index in [1.165, 1.54) is 22.5 Å². The number of nitrogens with zero attached hydrogens (tertiary/aromatic N) is 2. The fourth-order valence-corrected chi connectivity index (χ4v) is 4.67. The van der Waals surface area contributed by atoms with Crippen molar-refractivity contribution < 1.29 is 35.8 Å². The summed E-state index contributed by atoms with van der Waals surface area (Å²) in [4.78, 5) is 3.84. The summed E-state index contributed by atoms with van der Waals surface area (Å²) in [5.74, 6) is 0.648. The molecule has 2 aromatic rings. The van der Waals surface area contributed by atoms with Crippen LogP contribution >= 0.6 is 0 Å². The molecule has 1 saturated heterocycles. The predicted octanol–water partition coefficient (Wildman–Crippen LogP) is 2.71. The number of sulfonamides is 1. The second-order valence-corrected chi connectivity index (χ2v) is 8.52. The average molecular weight is 430 g/mol. The van der Waals surface area contributed by atoms with Gasteiger partial charge in [0.05, 0.1) is 17.0 Å². The van der Waals surface area contributed by atoms with Gasteiger partial charge >= 0.3 is 6.18 Å². The van der Waals surface area contributed by atoms with Gasteiger partial charge in [0, 0.05) is 24.9 Å². The minimum absolute atomic E-state index is 0.00863. The molecule has 1 unspecified atom stereocenters. The van der Waals surface area contributed by atoms with Crippen molar-refractivity contribution in [2.45, 2.75) is 23.6 Å². The van der Waals surface area contributed by atoms with Crippen LogP contribution in [0.15, 0.2) is 41.4 Å². The Bertz CT molecular complexity index is 1010. The van der Waals surface area contributed by atoms with Crippen LogP contribution in [-0.4, -0.2) is 50.1 Å². The quantitative estimate of drug-likeness (QED) is 0.742. The number of ether oxygens (including phenoxy) is 3. The van der Waals surface area contributed by atoms with Crippen LogP contribution in [0.2, 0.25) is 0 Å². The Morgan fingerprint density at radius 1 is 1.10 bits per heavy atom. The largest absolute Gasteiger partial charge is 0.486 e. The molecule has 4 rings (SSSR count). The molecule has 1 aromatic heterocycles. The summed E-state index contributed by atoms with van der Waals surface area (Å²) >= 11 is 0. The van der Waals surface area contributed by atoms with Gasteiger partial charge in [0.25, 0.3) is 0 Å². The highest BCUT2D eigenvalue weighted by atomic mass is 32.2. The average Bonchev–Trinajstić information content (AvgIpc) is 3.16. The smallest absolute Gasteiger partial charge is 0.416 e. The van der Waals surface area contributed by atoms with Crippen LogP contribution in [0, 0.1) is 0 Å². The molecule has 0 bridgehead atoms. The molecule has 11 heteroatoms. The number of hydrogen-bond donors (Lipinski definition) is 0. The molecule has 0 radical (unpaired) electrons. The minimum atomic E-state index is -4.51. The van der Waals surface area contributed by atoms with E-state index in [0.29, 0.717) is 31.1 Å². The van der Waals surface area contributed by atoms with E-state index in [9.17, 15) is 21.6 Å². The van der Waals surface area contributed by atoms with Gasteiger partial charge in [-0.05, 0) is 24.6 Å². The molecule has 1 atom stereocenters. The van der Waals surface area contributed by atoms with Crippen molar-refractivity contribution in [3.63, 3.8) is 0 Å². The SMILES string of the molecule is O=S(=O)(c1ccc2c(c1)OCCO2)N1CCC(Oc2cc(C(F)(F)F)ccn2)C1. The van der Waals surface area contributed by atoms with Crippen LogP contribution in [0.4, 0.5) is 13.2 Å². The molecule has 156 valence electrons. The first kappa shape index (κ1) is 19.8. The molecule has 1 fully saturated rings. The molecular weight excluding hydrogens is 413 g/mol. The Kier molecular flexibility index (Phi) is 5.03. The Morgan fingerprint density at radius 3 is 2.62 bits per heavy atom. The Balaban J connectivity index is 1.47. The third-order valence-corrected chi connectivity index (χ3v) is 6.47. The molecule has 1 aromatic carbocycles. The topological polar surface area (TPSA) is 78.0 Å². The maximum Gasteiger partial charge on any atom is 0.416 e. The van der Waals surface area contributed by atoms with Crippen molar-refractivity contribution >= 4 is 10.0 Å². The third kappa shape index (κ3) is 4.10. The maximum absolute atomic E-state index is 12.9. The van der Waals surface area contributed by atoms with E-state index in [4.69, 9.17) is 14.2 Å². The van der Waals surface area contributed by atoms with E-state index >= 15 is 0 Å². The Hall–Kier alpha value is -2.53. The second kappa shape index (κ2) is 7.38. The van der Waals surface area contributed by atoms with Gasteiger partial charge in [0.2, 0.25) is 15.9 Å². The minimum Gasteiger partial charge on any atom is -0.486 e. The molecule has 7 nitrogen and oxygen atoms in total. The zero-order chi connectivity index (χ0) is 20.6. The van der Waals surface area contributed by atoms with Crippen LogP contribution in [0.5, 0.6) is 17.4 Å². The Labute approximate surface area is 165 Å². The fraction of sp³-hybridized carbons (Fsp3) is 0.389. The number of hydrogen-bond acceptors (Lipinski definition) is 6. The second-order valence-electron chi connectivity index (χ2n) is 6.58. The predicted molar refractivity (Wildman–Crippen MR) is 94.5 cm³/mol. The van der Waals surface area contributed by atoms with Gasteiger partial charge in [-0.3, -0.25) is 0 Å². The van der Waals surface area contributed by atoms with Crippen molar-refractivity contribution in [2.75, 3.05) is 26.3 Å². The lowest BCUT2D eigenvalue weighted by molar-refractivity contribution is -0.137. The van der Waals surface area contributed by atoms with Gasteiger partial charge in [0.15, 0.2) is 11.5 Å². The van der Waals surface area contributed by atoms with Crippen LogP contribution < -0.4 is 14.2 Å². The van der Waals surface area contributed by atoms with Crippen LogP contribution in [0.3, 0.4) is 0 Å². The van der Waals surface area contributed by atoms with E-state index in [-0.39, 0.29) is 23.9 Å². The molecule has 2 aliphatic heterocycles. The van der Waals surface area contributed by atoms with Gasteiger partial charge in [-0.1, -0.05) is 0 Å². The number of benzene rings is 1. The zero-order valence-corrected chi connectivity index (χ0v) is 15.9. The monoisotopic (exact) mass is 430 g/mol. The highest BCUT2D eigenvalue weighted by molar-refractivity contribution is 7.89. The maximum atomic E-state index is 12.9. The first-order valence-electron chi connectivity index (χ1n) is 8.83. The fourth-order valence-electron chi connectivity index (χ4n) is 3.17. The highest BCUT2D eigenvalue weighted by Crippen LogP contribution is 2.34. The summed E-state index contributed by atoms with van der Waals surface area (Å²) in [7, 11) is -3.81. The number of alkyl halides is 3. The normalized spacial score (nSPS) is 19.9. The number of pyridine rings is 1. The first-order chi connectivity index (χ1) is 13.7. The summed E-state index contributed by atoms with van der Waals surface area (Å²) in [6, 6.07) is 6.04. The number of halogens is 3. The van der Waals surface area contributed by atoms with Crippen molar-refractivity contribution in [3.05, 3.63) is 42.1 Å². The molecule has 0 aliphatic carbocycles. The van der Waals surface area contributed by atoms with Gasteiger partial charge in [-0.15, -0.1) is 0 Å². The molecule has 0 N–H and O–H groups in total. The number of rotatable bonds is 4. The van der Waals surface area contributed by atoms with Crippen molar-refractivity contribution in [1.29, 1.82) is 0 Å². The summed E-state index contributed by atoms with van der Waals surface area (Å²) in [6.45, 7) is 0.920. The molecule has 0 amide bonds. The van der Waals surface area contributed by atoms with Gasteiger partial charge in [0.1, 0.15) is 19.3 Å². The van der Waals surface area contributed by atoms with Gasteiger partial charge < -0.3 is 14.2 Å². The lowest BCUT2D eigenvalue weighted by atomic mass is 10.2. The number of aromatic nitrogens is 1. The molecule has 3 heterocycles. The molecule has 0 spiro atoms. The highest BCUT2D eigenvalue weighted by Gasteiger charge is 2.35. The van der Waals surface area contributed by atoms with E-state index < -0.39 is 27.9 Å². The van der Waals surface area contributed by atoms with Crippen LogP contribution in [0.1, 0.15) is 12.0 Å². The van der Waals surface area contributed by atoms with E-state index in [1.807, 2.05) is 0 Å². The standard InChI is InChI=1S/C18H17F3N2O5S/c19-18(20,21)12-3-5-22-17(9-12)28-13-4-6-23(11-13)29(24,25)14-1-2-15-16(10-14)27-8-7-26-15/h1-3,5,9-10,13H,4,6-8,11H2. The molecular formula is C18H17F3N2O5S. The lowest BCUT2D eigenvalue weighted by Crippen LogP contribution is -2.31. The van der Waals surface area contributed by atoms with Crippen molar-refractivity contribution in [1.82, 2.24) is 9.29 Å². The van der Waals surface area contributed by atoms with E-state index in [2.05, 4.69) is 4.98 Å². The lowest BCUT2D eigenvalue weighted by Gasteiger charge is -2.21. The van der Waals surface area contributed by atoms with Crippen molar-refractivity contribution in [3.8, 4) is 17.4 Å². The van der Waals surface area contributed by atoms with Gasteiger partial charge in [-0.25, -0.2) is 13.4 Å². The van der Waals surface area contributed by atoms with Crippen LogP contribution in [-0.2, 0) is 16.2 Å². The van der Waals surface area contributed by atoms with Gasteiger partial charge in [-0.2, -0.15) is 17.5 Å². The van der Waals surface area contributed by atoms with Crippen molar-refractivity contribution in [2.24, 2.45) is 0 Å². The molecule has 29 heavy (non-hydrogen) atoms. The summed E-state index contributed by atoms with van der Waals surface area (Å²) in [6.07, 6.45) is -3.76. The van der Waals surface area contributed by atoms with E-state index in [1.54, 1.807) is 0 Å². The molecule has 2 aliphatic rings. The Morgan fingerprint density at radius 2 is 1.86 bits per heavy atom. The van der Waals surface area contributed by atoms with E-state index in [0.717, 1.165) is 18.3 Å². The first-order valence-corrected chi connectivity index (χ1v) is 10.3. The summed E-state index contributed by atoms with van der Waals surface area (Å²) in [5, 5.41) is 0.